The molecule has 4 heteroatoms. The summed E-state index contributed by atoms with van der Waals surface area (Å²) >= 11 is 17.2. The van der Waals surface area contributed by atoms with Crippen molar-refractivity contribution in [2.45, 2.75) is 6.92 Å². The Balaban J connectivity index is 3.49. The molecule has 0 radical (unpaired) electrons. The fourth-order valence-electron chi connectivity index (χ4n) is 0.827. The van der Waals surface area contributed by atoms with Crippen LogP contribution < -0.4 is 0 Å². The van der Waals surface area contributed by atoms with E-state index in [9.17, 15) is 4.79 Å². The van der Waals surface area contributed by atoms with Gasteiger partial charge in [0, 0.05) is 5.56 Å². The highest BCUT2D eigenvalue weighted by Crippen LogP contribution is 2.33. The summed E-state index contributed by atoms with van der Waals surface area (Å²) in [5.41, 5.74) is 1.12. The molecule has 0 bridgehead atoms. The van der Waals surface area contributed by atoms with Crippen LogP contribution in [0, 0.1) is 6.92 Å². The highest BCUT2D eigenvalue weighted by atomic mass is 35.5. The molecule has 0 aliphatic carbocycles. The smallest absolute Gasteiger partial charge is 0.150 e. The first-order valence-electron chi connectivity index (χ1n) is 3.17. The van der Waals surface area contributed by atoms with Crippen molar-refractivity contribution in [3.05, 3.63) is 32.3 Å². The summed E-state index contributed by atoms with van der Waals surface area (Å²) in [7, 11) is 0. The van der Waals surface area contributed by atoms with Gasteiger partial charge in [-0.3, -0.25) is 4.79 Å². The van der Waals surface area contributed by atoms with E-state index in [1.54, 1.807) is 6.92 Å². The zero-order chi connectivity index (χ0) is 9.30. The Hall–Kier alpha value is -0.240. The summed E-state index contributed by atoms with van der Waals surface area (Å²) in [5, 5.41) is 0.932. The zero-order valence-corrected chi connectivity index (χ0v) is 8.46. The highest BCUT2D eigenvalue weighted by molar-refractivity contribution is 6.48. The van der Waals surface area contributed by atoms with Gasteiger partial charge in [0.2, 0.25) is 0 Å². The maximum atomic E-state index is 10.5. The van der Waals surface area contributed by atoms with Gasteiger partial charge in [0.05, 0.1) is 15.1 Å². The van der Waals surface area contributed by atoms with Gasteiger partial charge in [-0.25, -0.2) is 0 Å². The van der Waals surface area contributed by atoms with Gasteiger partial charge >= 0.3 is 0 Å². The van der Waals surface area contributed by atoms with Gasteiger partial charge in [-0.2, -0.15) is 0 Å². The molecule has 0 atom stereocenters. The van der Waals surface area contributed by atoms with Crippen molar-refractivity contribution in [3.8, 4) is 0 Å². The number of carbonyl (C=O) groups excluding carboxylic acids is 1. The van der Waals surface area contributed by atoms with Gasteiger partial charge in [-0.15, -0.1) is 0 Å². The van der Waals surface area contributed by atoms with Crippen LogP contribution in [-0.4, -0.2) is 6.29 Å². The molecule has 0 saturated heterocycles. The second-order valence-electron chi connectivity index (χ2n) is 2.32. The Morgan fingerprint density at radius 2 is 1.83 bits per heavy atom. The first-order valence-corrected chi connectivity index (χ1v) is 4.30. The maximum Gasteiger partial charge on any atom is 0.150 e. The molecule has 1 nitrogen and oxygen atoms in total. The third-order valence-electron chi connectivity index (χ3n) is 1.57. The van der Waals surface area contributed by atoms with Crippen molar-refractivity contribution < 1.29 is 4.79 Å². The fraction of sp³-hybridized carbons (Fsp3) is 0.125. The molecule has 1 aromatic rings. The van der Waals surface area contributed by atoms with Crippen LogP contribution in [0.25, 0.3) is 0 Å². The van der Waals surface area contributed by atoms with Crippen molar-refractivity contribution in [1.29, 1.82) is 0 Å². The predicted molar refractivity (Wildman–Crippen MR) is 51.6 cm³/mol. The molecule has 0 aliphatic rings. The molecule has 0 fully saturated rings. The molecule has 12 heavy (non-hydrogen) atoms. The standard InChI is InChI=1S/C8H5Cl3O/c1-4-5(3-12)2-6(9)8(11)7(4)10/h2-3H,1H3. The van der Waals surface area contributed by atoms with E-state index in [0.717, 1.165) is 0 Å². The predicted octanol–water partition coefficient (Wildman–Crippen LogP) is 3.77. The van der Waals surface area contributed by atoms with Crippen molar-refractivity contribution >= 4 is 41.1 Å². The lowest BCUT2D eigenvalue weighted by atomic mass is 10.1. The molecule has 0 N–H and O–H groups in total. The summed E-state index contributed by atoms with van der Waals surface area (Å²) in [6.07, 6.45) is 0.698. The molecule has 0 aromatic heterocycles. The third-order valence-corrected chi connectivity index (χ3v) is 2.93. The number of rotatable bonds is 1. The van der Waals surface area contributed by atoms with E-state index in [0.29, 0.717) is 32.5 Å². The van der Waals surface area contributed by atoms with Gasteiger partial charge < -0.3 is 0 Å². The van der Waals surface area contributed by atoms with Crippen LogP contribution in [0.15, 0.2) is 6.07 Å². The molecule has 0 saturated carbocycles. The largest absolute Gasteiger partial charge is 0.298 e. The van der Waals surface area contributed by atoms with E-state index >= 15 is 0 Å². The average molecular weight is 223 g/mol. The van der Waals surface area contributed by atoms with E-state index in [1.165, 1.54) is 6.07 Å². The summed E-state index contributed by atoms with van der Waals surface area (Å²) in [4.78, 5) is 10.5. The quantitative estimate of drug-likeness (QED) is 0.523. The second kappa shape index (κ2) is 3.65. The van der Waals surface area contributed by atoms with Crippen molar-refractivity contribution in [2.75, 3.05) is 0 Å². The van der Waals surface area contributed by atoms with Crippen LogP contribution in [0.2, 0.25) is 15.1 Å². The van der Waals surface area contributed by atoms with Gasteiger partial charge in [-0.05, 0) is 18.6 Å². The van der Waals surface area contributed by atoms with Crippen LogP contribution in [-0.2, 0) is 0 Å². The normalized spacial score (nSPS) is 10.0. The maximum absolute atomic E-state index is 10.5. The van der Waals surface area contributed by atoms with Gasteiger partial charge in [0.15, 0.2) is 0 Å². The minimum atomic E-state index is 0.293. The van der Waals surface area contributed by atoms with Crippen molar-refractivity contribution in [3.63, 3.8) is 0 Å². The minimum absolute atomic E-state index is 0.293. The van der Waals surface area contributed by atoms with E-state index < -0.39 is 0 Å². The van der Waals surface area contributed by atoms with E-state index in [4.69, 9.17) is 34.8 Å². The molecule has 0 aliphatic heterocycles. The SMILES string of the molecule is Cc1c(C=O)cc(Cl)c(Cl)c1Cl. The van der Waals surface area contributed by atoms with Crippen LogP contribution in [0.5, 0.6) is 0 Å². The van der Waals surface area contributed by atoms with Gasteiger partial charge in [0.1, 0.15) is 6.29 Å². The molecule has 1 aromatic carbocycles. The van der Waals surface area contributed by atoms with Gasteiger partial charge in [0.25, 0.3) is 0 Å². The Morgan fingerprint density at radius 1 is 1.25 bits per heavy atom. The van der Waals surface area contributed by atoms with Crippen molar-refractivity contribution in [2.24, 2.45) is 0 Å². The molecule has 0 spiro atoms. The lowest BCUT2D eigenvalue weighted by Crippen LogP contribution is -1.88. The average Bonchev–Trinajstić information content (AvgIpc) is 2.08. The lowest BCUT2D eigenvalue weighted by molar-refractivity contribution is 0.112. The molecule has 0 heterocycles. The summed E-state index contributed by atoms with van der Waals surface area (Å²) < 4.78 is 0. The van der Waals surface area contributed by atoms with Crippen LogP contribution in [0.4, 0.5) is 0 Å². The second-order valence-corrected chi connectivity index (χ2v) is 3.48. The zero-order valence-electron chi connectivity index (χ0n) is 6.20. The first-order chi connectivity index (χ1) is 5.57. The topological polar surface area (TPSA) is 17.1 Å². The Kier molecular flexibility index (Phi) is 2.99. The fourth-order valence-corrected chi connectivity index (χ4v) is 1.49. The summed E-state index contributed by atoms with van der Waals surface area (Å²) in [6.45, 7) is 1.72. The Bertz CT molecular complexity index is 334. The Labute approximate surface area is 85.2 Å². The molecular weight excluding hydrogens is 218 g/mol. The molecular formula is C8H5Cl3O. The summed E-state index contributed by atoms with van der Waals surface area (Å²) in [6, 6.07) is 1.50. The van der Waals surface area contributed by atoms with Crippen LogP contribution in [0.1, 0.15) is 15.9 Å². The molecule has 64 valence electrons. The number of halogens is 3. The molecule has 0 unspecified atom stereocenters. The van der Waals surface area contributed by atoms with E-state index in [1.807, 2.05) is 0 Å². The number of hydrogen-bond acceptors (Lipinski definition) is 1. The lowest BCUT2D eigenvalue weighted by Gasteiger charge is -2.04. The van der Waals surface area contributed by atoms with Crippen molar-refractivity contribution in [1.82, 2.24) is 0 Å². The van der Waals surface area contributed by atoms with Gasteiger partial charge in [-0.1, -0.05) is 34.8 Å². The van der Waals surface area contributed by atoms with Crippen LogP contribution >= 0.6 is 34.8 Å². The number of carbonyl (C=O) groups is 1. The van der Waals surface area contributed by atoms with E-state index in [2.05, 4.69) is 0 Å². The molecule has 1 rings (SSSR count). The Morgan fingerprint density at radius 3 is 2.33 bits per heavy atom. The number of hydrogen-bond donors (Lipinski definition) is 0. The van der Waals surface area contributed by atoms with Crippen LogP contribution in [0.3, 0.4) is 0 Å². The van der Waals surface area contributed by atoms with E-state index in [-0.39, 0.29) is 0 Å². The number of benzene rings is 1. The summed E-state index contributed by atoms with van der Waals surface area (Å²) in [5.74, 6) is 0. The third kappa shape index (κ3) is 1.58. The minimum Gasteiger partial charge on any atom is -0.298 e. The monoisotopic (exact) mass is 222 g/mol. The number of aldehydes is 1. The highest BCUT2D eigenvalue weighted by Gasteiger charge is 2.10. The first kappa shape index (κ1) is 9.85. The molecule has 0 amide bonds.